The van der Waals surface area contributed by atoms with Gasteiger partial charge >= 0.3 is 0 Å². The second-order valence-corrected chi connectivity index (χ2v) is 8.13. The highest BCUT2D eigenvalue weighted by Crippen LogP contribution is 2.28. The fraction of sp³-hybridized carbons (Fsp3) is 0.667. The van der Waals surface area contributed by atoms with Crippen molar-refractivity contribution in [3.05, 3.63) is 16.3 Å². The van der Waals surface area contributed by atoms with Gasteiger partial charge in [-0.25, -0.2) is 8.42 Å². The van der Waals surface area contributed by atoms with Crippen LogP contribution >= 0.6 is 22.9 Å². The third-order valence-corrected chi connectivity index (χ3v) is 7.16. The molecule has 1 aliphatic heterocycles. The maximum atomic E-state index is 12.6. The van der Waals surface area contributed by atoms with E-state index in [9.17, 15) is 8.42 Å². The number of alkyl halides is 1. The summed E-state index contributed by atoms with van der Waals surface area (Å²) in [5.74, 6) is 0.244. The summed E-state index contributed by atoms with van der Waals surface area (Å²) in [6.45, 7) is 1.88. The molecule has 0 amide bonds. The van der Waals surface area contributed by atoms with E-state index in [1.807, 2.05) is 0 Å². The van der Waals surface area contributed by atoms with Crippen molar-refractivity contribution >= 4 is 33.0 Å². The Hall–Kier alpha value is -0.140. The van der Waals surface area contributed by atoms with Gasteiger partial charge in [0, 0.05) is 18.0 Å². The zero-order chi connectivity index (χ0) is 14.0. The lowest BCUT2D eigenvalue weighted by Gasteiger charge is -2.34. The van der Waals surface area contributed by atoms with Gasteiger partial charge in [-0.2, -0.15) is 4.31 Å². The average Bonchev–Trinajstić information content (AvgIpc) is 2.87. The van der Waals surface area contributed by atoms with Crippen LogP contribution in [0.2, 0.25) is 0 Å². The minimum Gasteiger partial charge on any atom is -0.306 e. The summed E-state index contributed by atoms with van der Waals surface area (Å²) in [6.07, 6.45) is 1.76. The van der Waals surface area contributed by atoms with E-state index in [0.717, 1.165) is 30.8 Å². The van der Waals surface area contributed by atoms with Crippen molar-refractivity contribution in [2.45, 2.75) is 29.7 Å². The predicted molar refractivity (Wildman–Crippen MR) is 79.3 cm³/mol. The van der Waals surface area contributed by atoms with Gasteiger partial charge in [0.1, 0.15) is 0 Å². The molecule has 0 spiro atoms. The van der Waals surface area contributed by atoms with E-state index in [4.69, 9.17) is 11.6 Å². The van der Waals surface area contributed by atoms with Gasteiger partial charge in [0.05, 0.1) is 10.8 Å². The monoisotopic (exact) mass is 322 g/mol. The number of likely N-dealkylation sites (tertiary alicyclic amines) is 1. The summed E-state index contributed by atoms with van der Waals surface area (Å²) in [5, 5.41) is 1.78. The highest BCUT2D eigenvalue weighted by atomic mass is 35.5. The maximum Gasteiger partial charge on any atom is 0.244 e. The van der Waals surface area contributed by atoms with Crippen LogP contribution in [0.5, 0.6) is 0 Å². The van der Waals surface area contributed by atoms with Crippen LogP contribution in [0.1, 0.15) is 17.7 Å². The lowest BCUT2D eigenvalue weighted by atomic mass is 10.1. The molecule has 1 aliphatic rings. The van der Waals surface area contributed by atoms with E-state index in [-0.39, 0.29) is 11.9 Å². The van der Waals surface area contributed by atoms with Crippen LogP contribution in [-0.4, -0.2) is 50.8 Å². The molecule has 0 aromatic carbocycles. The van der Waals surface area contributed by atoms with Crippen molar-refractivity contribution in [3.63, 3.8) is 0 Å². The molecule has 19 heavy (non-hydrogen) atoms. The van der Waals surface area contributed by atoms with E-state index in [1.165, 1.54) is 15.6 Å². The Kier molecular flexibility index (Phi) is 4.89. The smallest absolute Gasteiger partial charge is 0.244 e. The molecule has 0 saturated carbocycles. The third-order valence-electron chi connectivity index (χ3n) is 3.69. The summed E-state index contributed by atoms with van der Waals surface area (Å²) < 4.78 is 26.8. The summed E-state index contributed by atoms with van der Waals surface area (Å²) in [7, 11) is 0.332. The van der Waals surface area contributed by atoms with Gasteiger partial charge in [-0.1, -0.05) is 0 Å². The Bertz CT molecular complexity index is 522. The topological polar surface area (TPSA) is 40.6 Å². The number of rotatable bonds is 4. The molecule has 0 aliphatic carbocycles. The normalized spacial score (nSPS) is 19.2. The Balaban J connectivity index is 2.20. The van der Waals surface area contributed by atoms with Crippen LogP contribution in [-0.2, 0) is 15.9 Å². The Morgan fingerprint density at radius 3 is 2.68 bits per heavy atom. The fourth-order valence-electron chi connectivity index (χ4n) is 2.37. The van der Waals surface area contributed by atoms with Crippen molar-refractivity contribution in [2.24, 2.45) is 0 Å². The standard InChI is InChI=1S/C12H19ClN2O2S2/c1-14-6-3-10(4-7-14)15(2)19(16,17)12-5-8-18-11(12)9-13/h5,8,10H,3-4,6-7,9H2,1-2H3. The second kappa shape index (κ2) is 6.10. The van der Waals surface area contributed by atoms with Crippen LogP contribution in [0.15, 0.2) is 16.3 Å². The van der Waals surface area contributed by atoms with Gasteiger partial charge in [0.15, 0.2) is 0 Å². The molecule has 0 N–H and O–H groups in total. The summed E-state index contributed by atoms with van der Waals surface area (Å²) in [6, 6.07) is 1.74. The summed E-state index contributed by atoms with van der Waals surface area (Å²) >= 11 is 7.20. The Morgan fingerprint density at radius 2 is 2.11 bits per heavy atom. The molecule has 0 bridgehead atoms. The molecule has 1 aromatic rings. The molecule has 0 radical (unpaired) electrons. The molecular weight excluding hydrogens is 304 g/mol. The van der Waals surface area contributed by atoms with Crippen LogP contribution < -0.4 is 0 Å². The number of hydrogen-bond donors (Lipinski definition) is 0. The van der Waals surface area contributed by atoms with Crippen molar-refractivity contribution in [2.75, 3.05) is 27.2 Å². The van der Waals surface area contributed by atoms with Gasteiger partial charge in [0.25, 0.3) is 0 Å². The van der Waals surface area contributed by atoms with Crippen molar-refractivity contribution in [1.29, 1.82) is 0 Å². The molecule has 2 heterocycles. The molecule has 1 saturated heterocycles. The van der Waals surface area contributed by atoms with Gasteiger partial charge in [-0.05, 0) is 44.4 Å². The minimum atomic E-state index is -3.41. The highest BCUT2D eigenvalue weighted by Gasteiger charge is 2.31. The number of halogens is 1. The number of hydrogen-bond acceptors (Lipinski definition) is 4. The van der Waals surface area contributed by atoms with E-state index in [1.54, 1.807) is 18.5 Å². The first-order valence-electron chi connectivity index (χ1n) is 6.25. The first-order valence-corrected chi connectivity index (χ1v) is 9.11. The van der Waals surface area contributed by atoms with E-state index >= 15 is 0 Å². The quantitative estimate of drug-likeness (QED) is 0.798. The zero-order valence-electron chi connectivity index (χ0n) is 11.2. The molecule has 7 heteroatoms. The lowest BCUT2D eigenvalue weighted by molar-refractivity contribution is 0.197. The molecular formula is C12H19ClN2O2S2. The number of thiophene rings is 1. The zero-order valence-corrected chi connectivity index (χ0v) is 13.6. The van der Waals surface area contributed by atoms with E-state index in [0.29, 0.717) is 4.90 Å². The largest absolute Gasteiger partial charge is 0.306 e. The third kappa shape index (κ3) is 3.13. The van der Waals surface area contributed by atoms with Gasteiger partial charge in [-0.15, -0.1) is 22.9 Å². The molecule has 0 unspecified atom stereocenters. The van der Waals surface area contributed by atoms with Gasteiger partial charge < -0.3 is 4.90 Å². The van der Waals surface area contributed by atoms with Gasteiger partial charge in [0.2, 0.25) is 10.0 Å². The molecule has 2 rings (SSSR count). The molecule has 1 fully saturated rings. The lowest BCUT2D eigenvalue weighted by Crippen LogP contribution is -2.44. The Morgan fingerprint density at radius 1 is 1.47 bits per heavy atom. The minimum absolute atomic E-state index is 0.0873. The predicted octanol–water partition coefficient (Wildman–Crippen LogP) is 2.20. The molecule has 0 atom stereocenters. The number of piperidine rings is 1. The van der Waals surface area contributed by atoms with Crippen LogP contribution in [0.4, 0.5) is 0 Å². The van der Waals surface area contributed by atoms with Crippen LogP contribution in [0.3, 0.4) is 0 Å². The van der Waals surface area contributed by atoms with Crippen molar-refractivity contribution in [1.82, 2.24) is 9.21 Å². The fourth-order valence-corrected chi connectivity index (χ4v) is 5.45. The summed E-state index contributed by atoms with van der Waals surface area (Å²) in [5.41, 5.74) is 0. The van der Waals surface area contributed by atoms with E-state index < -0.39 is 10.0 Å². The second-order valence-electron chi connectivity index (χ2n) is 4.90. The van der Waals surface area contributed by atoms with E-state index in [2.05, 4.69) is 11.9 Å². The SMILES string of the molecule is CN1CCC(N(C)S(=O)(=O)c2ccsc2CCl)CC1. The highest BCUT2D eigenvalue weighted by molar-refractivity contribution is 7.89. The Labute approximate surface area is 124 Å². The first-order chi connectivity index (χ1) is 8.96. The molecule has 1 aromatic heterocycles. The number of nitrogens with zero attached hydrogens (tertiary/aromatic N) is 2. The first kappa shape index (κ1) is 15.3. The van der Waals surface area contributed by atoms with Crippen LogP contribution in [0, 0.1) is 0 Å². The average molecular weight is 323 g/mol. The van der Waals surface area contributed by atoms with Gasteiger partial charge in [-0.3, -0.25) is 0 Å². The summed E-state index contributed by atoms with van der Waals surface area (Å²) in [4.78, 5) is 3.32. The van der Waals surface area contributed by atoms with Crippen molar-refractivity contribution in [3.8, 4) is 0 Å². The number of sulfonamides is 1. The van der Waals surface area contributed by atoms with Crippen LogP contribution in [0.25, 0.3) is 0 Å². The molecule has 108 valence electrons. The maximum absolute atomic E-state index is 12.6. The molecule has 4 nitrogen and oxygen atoms in total. The van der Waals surface area contributed by atoms with Crippen molar-refractivity contribution < 1.29 is 8.42 Å².